The molecule has 10 heteroatoms. The van der Waals surface area contributed by atoms with Gasteiger partial charge in [0.15, 0.2) is 0 Å². The van der Waals surface area contributed by atoms with E-state index in [0.29, 0.717) is 32.0 Å². The van der Waals surface area contributed by atoms with Crippen LogP contribution in [0.15, 0.2) is 79.1 Å². The first-order valence-electron chi connectivity index (χ1n) is 17.8. The average molecular weight is 686 g/mol. The van der Waals surface area contributed by atoms with Crippen LogP contribution in [-0.2, 0) is 27.2 Å². The smallest absolute Gasteiger partial charge is 0.407 e. The van der Waals surface area contributed by atoms with Crippen molar-refractivity contribution < 1.29 is 24.2 Å². The predicted molar refractivity (Wildman–Crippen MR) is 196 cm³/mol. The summed E-state index contributed by atoms with van der Waals surface area (Å²) in [4.78, 5) is 46.9. The van der Waals surface area contributed by atoms with Gasteiger partial charge in [-0.3, -0.25) is 14.6 Å². The Bertz CT molecular complexity index is 1500. The molecule has 4 unspecified atom stereocenters. The van der Waals surface area contributed by atoms with E-state index in [1.165, 1.54) is 0 Å². The Morgan fingerprint density at radius 3 is 2.06 bits per heavy atom. The van der Waals surface area contributed by atoms with E-state index in [-0.39, 0.29) is 24.2 Å². The standard InChI is InChI=1S/C40H55N5O5/c1-27(2)36(38(48)45-22-18-33(41-6)19-23-45)44-37(47)32(24-29-12-14-30(15-13-29)31-16-20-42-21-17-31)26-35(46)34(25-28-10-8-7-9-11-28)43-39(49)50-40(3,4)5/h7-17,20-21,27,32-36,41,46H,18-19,22-26H2,1-6H3,(H,43,49)(H,44,47). The molecule has 1 saturated heterocycles. The van der Waals surface area contributed by atoms with Gasteiger partial charge in [0.2, 0.25) is 11.8 Å². The van der Waals surface area contributed by atoms with Crippen LogP contribution in [0.3, 0.4) is 0 Å². The number of rotatable bonds is 14. The van der Waals surface area contributed by atoms with Crippen molar-refractivity contribution in [2.24, 2.45) is 11.8 Å². The molecule has 1 fully saturated rings. The molecule has 1 aromatic heterocycles. The lowest BCUT2D eigenvalue weighted by atomic mass is 9.87. The molecule has 50 heavy (non-hydrogen) atoms. The van der Waals surface area contributed by atoms with Gasteiger partial charge in [0.25, 0.3) is 0 Å². The second-order valence-electron chi connectivity index (χ2n) is 14.7. The van der Waals surface area contributed by atoms with Crippen molar-refractivity contribution in [3.8, 4) is 11.1 Å². The Hall–Kier alpha value is -4.28. The zero-order valence-corrected chi connectivity index (χ0v) is 30.4. The topological polar surface area (TPSA) is 133 Å². The van der Waals surface area contributed by atoms with Crippen LogP contribution in [0.1, 0.15) is 65.0 Å². The number of amides is 3. The van der Waals surface area contributed by atoms with Crippen LogP contribution in [-0.4, -0.2) is 82.9 Å². The van der Waals surface area contributed by atoms with E-state index in [9.17, 15) is 19.5 Å². The molecule has 3 aromatic rings. The fourth-order valence-electron chi connectivity index (χ4n) is 6.38. The third-order valence-corrected chi connectivity index (χ3v) is 9.26. The first-order valence-corrected chi connectivity index (χ1v) is 17.8. The number of benzene rings is 2. The number of carbonyl (C=O) groups excluding carboxylic acids is 3. The zero-order chi connectivity index (χ0) is 36.3. The number of nitrogens with one attached hydrogen (secondary N) is 3. The van der Waals surface area contributed by atoms with Crippen LogP contribution < -0.4 is 16.0 Å². The molecule has 2 aromatic carbocycles. The first kappa shape index (κ1) is 38.5. The van der Waals surface area contributed by atoms with Gasteiger partial charge in [0.1, 0.15) is 11.6 Å². The fraction of sp³-hybridized carbons (Fsp3) is 0.500. The monoisotopic (exact) mass is 685 g/mol. The van der Waals surface area contributed by atoms with Crippen molar-refractivity contribution in [2.45, 2.75) is 96.6 Å². The molecule has 1 aliphatic rings. The van der Waals surface area contributed by atoms with Gasteiger partial charge in [-0.1, -0.05) is 68.4 Å². The fourth-order valence-corrected chi connectivity index (χ4v) is 6.38. The minimum Gasteiger partial charge on any atom is -0.444 e. The maximum Gasteiger partial charge on any atom is 0.407 e. The number of nitrogens with zero attached hydrogens (tertiary/aromatic N) is 2. The van der Waals surface area contributed by atoms with E-state index < -0.39 is 35.8 Å². The normalized spacial score (nSPS) is 16.3. The maximum atomic E-state index is 14.2. The van der Waals surface area contributed by atoms with Crippen molar-refractivity contribution in [1.29, 1.82) is 0 Å². The molecule has 4 atom stereocenters. The van der Waals surface area contributed by atoms with Crippen LogP contribution >= 0.6 is 0 Å². The number of aliphatic hydroxyl groups is 1. The lowest BCUT2D eigenvalue weighted by Gasteiger charge is -2.36. The Morgan fingerprint density at radius 1 is 0.880 bits per heavy atom. The average Bonchev–Trinajstić information content (AvgIpc) is 3.10. The SMILES string of the molecule is CNC1CCN(C(=O)C(NC(=O)C(Cc2ccc(-c3ccncc3)cc2)CC(O)C(Cc2ccccc2)NC(=O)OC(C)(C)C)C(C)C)CC1. The number of aliphatic hydroxyl groups excluding tert-OH is 1. The third-order valence-electron chi connectivity index (χ3n) is 9.26. The third kappa shape index (κ3) is 11.7. The summed E-state index contributed by atoms with van der Waals surface area (Å²) in [5.74, 6) is -1.23. The summed E-state index contributed by atoms with van der Waals surface area (Å²) in [6.07, 6.45) is 4.20. The highest BCUT2D eigenvalue weighted by molar-refractivity contribution is 5.89. The Balaban J connectivity index is 1.58. The Labute approximate surface area is 297 Å². The van der Waals surface area contributed by atoms with Gasteiger partial charge < -0.3 is 30.7 Å². The molecule has 0 spiro atoms. The molecule has 4 rings (SSSR count). The van der Waals surface area contributed by atoms with Crippen LogP contribution in [0.4, 0.5) is 4.79 Å². The van der Waals surface area contributed by atoms with Crippen LogP contribution in [0.2, 0.25) is 0 Å². The Morgan fingerprint density at radius 2 is 1.48 bits per heavy atom. The molecule has 1 aliphatic heterocycles. The van der Waals surface area contributed by atoms with Gasteiger partial charge in [0.05, 0.1) is 12.1 Å². The molecule has 3 amide bonds. The molecule has 0 radical (unpaired) electrons. The Kier molecular flexibility index (Phi) is 13.9. The maximum absolute atomic E-state index is 14.2. The summed E-state index contributed by atoms with van der Waals surface area (Å²) in [7, 11) is 1.94. The van der Waals surface area contributed by atoms with E-state index in [1.807, 2.05) is 92.5 Å². The zero-order valence-electron chi connectivity index (χ0n) is 30.4. The van der Waals surface area contributed by atoms with Crippen molar-refractivity contribution in [1.82, 2.24) is 25.8 Å². The molecular formula is C40H55N5O5. The number of aromatic nitrogens is 1. The van der Waals surface area contributed by atoms with Crippen LogP contribution in [0, 0.1) is 11.8 Å². The summed E-state index contributed by atoms with van der Waals surface area (Å²) in [6, 6.07) is 20.4. The molecular weight excluding hydrogens is 630 g/mol. The van der Waals surface area contributed by atoms with Crippen molar-refractivity contribution in [3.05, 3.63) is 90.3 Å². The number of hydrogen-bond donors (Lipinski definition) is 4. The first-order chi connectivity index (χ1) is 23.8. The van der Waals surface area contributed by atoms with Gasteiger partial charge in [0, 0.05) is 37.4 Å². The van der Waals surface area contributed by atoms with Crippen molar-refractivity contribution >= 4 is 17.9 Å². The van der Waals surface area contributed by atoms with Crippen molar-refractivity contribution in [3.63, 3.8) is 0 Å². The van der Waals surface area contributed by atoms with Gasteiger partial charge >= 0.3 is 6.09 Å². The predicted octanol–water partition coefficient (Wildman–Crippen LogP) is 5.15. The van der Waals surface area contributed by atoms with E-state index >= 15 is 0 Å². The lowest BCUT2D eigenvalue weighted by molar-refractivity contribution is -0.139. The number of carbonyl (C=O) groups is 3. The summed E-state index contributed by atoms with van der Waals surface area (Å²) < 4.78 is 5.54. The lowest BCUT2D eigenvalue weighted by Crippen LogP contribution is -2.55. The molecule has 0 saturated carbocycles. The molecule has 0 aliphatic carbocycles. The van der Waals surface area contributed by atoms with Crippen LogP contribution in [0.25, 0.3) is 11.1 Å². The highest BCUT2D eigenvalue weighted by atomic mass is 16.6. The molecule has 10 nitrogen and oxygen atoms in total. The summed E-state index contributed by atoms with van der Waals surface area (Å²) >= 11 is 0. The summed E-state index contributed by atoms with van der Waals surface area (Å²) in [5, 5.41) is 21.0. The van der Waals surface area contributed by atoms with Gasteiger partial charge in [-0.15, -0.1) is 0 Å². The second-order valence-corrected chi connectivity index (χ2v) is 14.7. The number of piperidine rings is 1. The highest BCUT2D eigenvalue weighted by Gasteiger charge is 2.35. The van der Waals surface area contributed by atoms with Gasteiger partial charge in [-0.05, 0) is 100 Å². The minimum atomic E-state index is -1.09. The molecule has 2 heterocycles. The van der Waals surface area contributed by atoms with E-state index in [1.54, 1.807) is 33.2 Å². The number of pyridine rings is 1. The minimum absolute atomic E-state index is 0.0534. The van der Waals surface area contributed by atoms with E-state index in [4.69, 9.17) is 4.74 Å². The molecule has 4 N–H and O–H groups in total. The number of likely N-dealkylation sites (tertiary alicyclic amines) is 1. The highest BCUT2D eigenvalue weighted by Crippen LogP contribution is 2.24. The number of alkyl carbamates (subject to hydrolysis) is 1. The van der Waals surface area contributed by atoms with Crippen molar-refractivity contribution in [2.75, 3.05) is 20.1 Å². The van der Waals surface area contributed by atoms with Crippen LogP contribution in [0.5, 0.6) is 0 Å². The number of hydrogen-bond acceptors (Lipinski definition) is 7. The van der Waals surface area contributed by atoms with E-state index in [2.05, 4.69) is 20.9 Å². The van der Waals surface area contributed by atoms with E-state index in [0.717, 1.165) is 35.1 Å². The quantitative estimate of drug-likeness (QED) is 0.185. The number of ether oxygens (including phenoxy) is 1. The molecule has 0 bridgehead atoms. The van der Waals surface area contributed by atoms with Gasteiger partial charge in [-0.25, -0.2) is 4.79 Å². The molecule has 270 valence electrons. The second kappa shape index (κ2) is 18.1. The van der Waals surface area contributed by atoms with Gasteiger partial charge in [-0.2, -0.15) is 0 Å². The largest absolute Gasteiger partial charge is 0.444 e. The summed E-state index contributed by atoms with van der Waals surface area (Å²) in [6.45, 7) is 10.5. The summed E-state index contributed by atoms with van der Waals surface area (Å²) in [5.41, 5.74) is 3.17.